The number of carbonyl (C=O) groups is 2. The molecule has 0 rings (SSSR count). The van der Waals surface area contributed by atoms with Crippen LogP contribution in [0.2, 0.25) is 0 Å². The van der Waals surface area contributed by atoms with E-state index in [4.69, 9.17) is 24.3 Å². The number of allylic oxidation sites excluding steroid dienone is 18. The quantitative estimate of drug-likeness (QED) is 0.0179. The molecule has 0 saturated carbocycles. The molecular formula is C49H78NO9P. The number of nitrogens with two attached hydrogens (primary N) is 1. The molecule has 11 heteroatoms. The van der Waals surface area contributed by atoms with Gasteiger partial charge in [-0.25, -0.2) is 4.57 Å². The third kappa shape index (κ3) is 42.5. The van der Waals surface area contributed by atoms with Crippen LogP contribution in [0.4, 0.5) is 0 Å². The second kappa shape index (κ2) is 43.5. The summed E-state index contributed by atoms with van der Waals surface area (Å²) in [5.74, 6) is -1.06. The Kier molecular flexibility index (Phi) is 40.8. The molecule has 0 saturated heterocycles. The van der Waals surface area contributed by atoms with Gasteiger partial charge in [0.15, 0.2) is 6.10 Å². The second-order valence-electron chi connectivity index (χ2n) is 14.0. The van der Waals surface area contributed by atoms with Crippen LogP contribution in [0.15, 0.2) is 122 Å². The maximum Gasteiger partial charge on any atom is 0.472 e. The SMILES string of the molecule is CC/C=C\C/C=C\C/C=C\C/C=C\C=C/C(O)C/C=C\CCC(=O)O[C@H](COC(=O)CCCCC/C=C\C/C=C\C/C=C\C/C=C\CCCCC)COP(=O)(O)OCCN. The smallest absolute Gasteiger partial charge is 0.462 e. The van der Waals surface area contributed by atoms with Gasteiger partial charge in [-0.3, -0.25) is 18.6 Å². The van der Waals surface area contributed by atoms with Crippen molar-refractivity contribution in [3.8, 4) is 0 Å². The third-order valence-corrected chi connectivity index (χ3v) is 9.41. The Morgan fingerprint density at radius 3 is 1.73 bits per heavy atom. The summed E-state index contributed by atoms with van der Waals surface area (Å²) in [7, 11) is -4.44. The number of phosphoric ester groups is 1. The maximum absolute atomic E-state index is 12.6. The Bertz CT molecular complexity index is 1410. The van der Waals surface area contributed by atoms with Crippen LogP contribution in [0.25, 0.3) is 0 Å². The van der Waals surface area contributed by atoms with Crippen molar-refractivity contribution >= 4 is 19.8 Å². The number of aliphatic hydroxyl groups is 1. The van der Waals surface area contributed by atoms with E-state index in [0.717, 1.165) is 64.2 Å². The molecule has 2 unspecified atom stereocenters. The summed E-state index contributed by atoms with van der Waals surface area (Å²) in [4.78, 5) is 34.9. The zero-order valence-electron chi connectivity index (χ0n) is 36.7. The molecule has 338 valence electrons. The molecule has 0 bridgehead atoms. The van der Waals surface area contributed by atoms with Gasteiger partial charge in [0.1, 0.15) is 6.61 Å². The van der Waals surface area contributed by atoms with E-state index in [2.05, 4.69) is 98.9 Å². The van der Waals surface area contributed by atoms with E-state index in [1.807, 2.05) is 12.2 Å². The van der Waals surface area contributed by atoms with Gasteiger partial charge in [-0.1, -0.05) is 155 Å². The summed E-state index contributed by atoms with van der Waals surface area (Å²) < 4.78 is 32.6. The van der Waals surface area contributed by atoms with Gasteiger partial charge < -0.3 is 25.2 Å². The maximum atomic E-state index is 12.6. The van der Waals surface area contributed by atoms with Crippen molar-refractivity contribution in [2.45, 2.75) is 148 Å². The van der Waals surface area contributed by atoms with E-state index >= 15 is 0 Å². The van der Waals surface area contributed by atoms with Crippen LogP contribution >= 0.6 is 7.82 Å². The van der Waals surface area contributed by atoms with Gasteiger partial charge in [0.25, 0.3) is 0 Å². The van der Waals surface area contributed by atoms with Crippen LogP contribution in [0.1, 0.15) is 136 Å². The summed E-state index contributed by atoms with van der Waals surface area (Å²) in [6.07, 6.45) is 55.5. The highest BCUT2D eigenvalue weighted by atomic mass is 31.2. The largest absolute Gasteiger partial charge is 0.472 e. The molecule has 0 heterocycles. The molecule has 0 amide bonds. The Hall–Kier alpha value is -3.63. The number of ether oxygens (including phenoxy) is 2. The first-order chi connectivity index (χ1) is 29.2. The molecule has 0 aromatic heterocycles. The fourth-order valence-electron chi connectivity index (χ4n) is 5.14. The molecule has 0 aliphatic heterocycles. The standard InChI is InChI=1S/C49H78NO9P/c1-3-5-7-9-11-13-15-17-18-19-20-21-22-24-26-28-30-32-36-40-48(52)56-44-47(45-58-60(54,55)57-43-42-50)59-49(53)41-37-33-35-39-46(51)38-34-31-29-27-25-23-16-14-12-10-8-6-4-2/h6,8,11-14,17-18,20-21,23-26,29,31,33-35,38,46-47,51H,3-5,7,9-10,15-16,19,22,27-28,30,32,36-37,39-45,50H2,1-2H3,(H,54,55)/b8-6-,13-11-,14-12-,18-17-,21-20-,25-23-,26-24-,31-29-,35-33-,38-34-/t46?,47-/m1/s1. The first-order valence-electron chi connectivity index (χ1n) is 22.1. The van der Waals surface area contributed by atoms with E-state index in [0.29, 0.717) is 19.3 Å². The molecule has 0 aromatic rings. The monoisotopic (exact) mass is 856 g/mol. The highest BCUT2D eigenvalue weighted by Crippen LogP contribution is 2.43. The molecule has 0 aliphatic carbocycles. The first-order valence-corrected chi connectivity index (χ1v) is 23.6. The number of rotatable bonds is 39. The van der Waals surface area contributed by atoms with E-state index in [-0.39, 0.29) is 32.6 Å². The van der Waals surface area contributed by atoms with E-state index in [9.17, 15) is 24.2 Å². The number of carbonyl (C=O) groups excluding carboxylic acids is 2. The topological polar surface area (TPSA) is 155 Å². The van der Waals surface area contributed by atoms with Gasteiger partial charge >= 0.3 is 19.8 Å². The van der Waals surface area contributed by atoms with Crippen LogP contribution < -0.4 is 5.73 Å². The fraction of sp³-hybridized carbons (Fsp3) is 0.551. The molecule has 4 N–H and O–H groups in total. The number of hydrogen-bond acceptors (Lipinski definition) is 9. The normalized spacial score (nSPS) is 14.9. The van der Waals surface area contributed by atoms with Crippen molar-refractivity contribution in [2.24, 2.45) is 5.73 Å². The number of phosphoric acid groups is 1. The minimum atomic E-state index is -4.44. The molecular weight excluding hydrogens is 778 g/mol. The van der Waals surface area contributed by atoms with Gasteiger partial charge in [0.2, 0.25) is 0 Å². The van der Waals surface area contributed by atoms with Gasteiger partial charge in [0, 0.05) is 19.4 Å². The van der Waals surface area contributed by atoms with E-state index in [1.165, 1.54) is 25.7 Å². The van der Waals surface area contributed by atoms with Gasteiger partial charge in [-0.05, 0) is 89.9 Å². The molecule has 0 fully saturated rings. The lowest BCUT2D eigenvalue weighted by Gasteiger charge is -2.19. The predicted molar refractivity (Wildman–Crippen MR) is 248 cm³/mol. The lowest BCUT2D eigenvalue weighted by atomic mass is 10.1. The Morgan fingerprint density at radius 1 is 0.600 bits per heavy atom. The second-order valence-corrected chi connectivity index (χ2v) is 15.5. The van der Waals surface area contributed by atoms with Crippen molar-refractivity contribution in [3.05, 3.63) is 122 Å². The zero-order chi connectivity index (χ0) is 44.0. The van der Waals surface area contributed by atoms with Crippen LogP contribution in [-0.4, -0.2) is 60.5 Å². The first kappa shape index (κ1) is 56.4. The van der Waals surface area contributed by atoms with Crippen molar-refractivity contribution in [1.82, 2.24) is 0 Å². The predicted octanol–water partition coefficient (Wildman–Crippen LogP) is 11.9. The summed E-state index contributed by atoms with van der Waals surface area (Å²) in [6, 6.07) is 0. The summed E-state index contributed by atoms with van der Waals surface area (Å²) in [5.41, 5.74) is 5.34. The summed E-state index contributed by atoms with van der Waals surface area (Å²) >= 11 is 0. The number of aliphatic hydroxyl groups excluding tert-OH is 1. The average Bonchev–Trinajstić information content (AvgIpc) is 3.23. The van der Waals surface area contributed by atoms with Crippen LogP contribution in [0.3, 0.4) is 0 Å². The van der Waals surface area contributed by atoms with E-state index in [1.54, 1.807) is 24.3 Å². The highest BCUT2D eigenvalue weighted by molar-refractivity contribution is 7.47. The average molecular weight is 856 g/mol. The third-order valence-electron chi connectivity index (χ3n) is 8.43. The van der Waals surface area contributed by atoms with Gasteiger partial charge in [0.05, 0.1) is 19.3 Å². The van der Waals surface area contributed by atoms with Crippen molar-refractivity contribution < 1.29 is 42.7 Å². The molecule has 60 heavy (non-hydrogen) atoms. The van der Waals surface area contributed by atoms with Gasteiger partial charge in [-0.2, -0.15) is 0 Å². The minimum absolute atomic E-state index is 0.00866. The summed E-state index contributed by atoms with van der Waals surface area (Å²) in [6.45, 7) is 3.31. The number of esters is 2. The molecule has 0 aromatic carbocycles. The lowest BCUT2D eigenvalue weighted by Crippen LogP contribution is -2.29. The van der Waals surface area contributed by atoms with Crippen molar-refractivity contribution in [1.29, 1.82) is 0 Å². The number of unbranched alkanes of at least 4 members (excludes halogenated alkanes) is 6. The molecule has 10 nitrogen and oxygen atoms in total. The molecule has 0 spiro atoms. The van der Waals surface area contributed by atoms with Crippen LogP contribution in [0.5, 0.6) is 0 Å². The molecule has 0 aliphatic rings. The van der Waals surface area contributed by atoms with Crippen molar-refractivity contribution in [3.63, 3.8) is 0 Å². The van der Waals surface area contributed by atoms with Crippen molar-refractivity contribution in [2.75, 3.05) is 26.4 Å². The molecule has 0 radical (unpaired) electrons. The van der Waals surface area contributed by atoms with Gasteiger partial charge in [-0.15, -0.1) is 0 Å². The summed E-state index contributed by atoms with van der Waals surface area (Å²) in [5, 5.41) is 10.2. The Labute approximate surface area is 363 Å². The highest BCUT2D eigenvalue weighted by Gasteiger charge is 2.25. The fourth-order valence-corrected chi connectivity index (χ4v) is 5.90. The van der Waals surface area contributed by atoms with Crippen LogP contribution in [0, 0.1) is 0 Å². The lowest BCUT2D eigenvalue weighted by molar-refractivity contribution is -0.161. The van der Waals surface area contributed by atoms with Crippen LogP contribution in [-0.2, 0) is 32.7 Å². The zero-order valence-corrected chi connectivity index (χ0v) is 37.6. The molecule has 3 atom stereocenters. The number of hydrogen-bond donors (Lipinski definition) is 3. The van der Waals surface area contributed by atoms with E-state index < -0.39 is 38.6 Å². The minimum Gasteiger partial charge on any atom is -0.462 e. The Morgan fingerprint density at radius 2 is 1.15 bits per heavy atom. The Balaban J connectivity index is 4.45.